The molecule has 0 fully saturated rings. The number of nitrogens with one attached hydrogen (secondary N) is 1. The average Bonchev–Trinajstić information content (AvgIpc) is 2.81. The Bertz CT molecular complexity index is 1080. The predicted molar refractivity (Wildman–Crippen MR) is 117 cm³/mol. The number of ether oxygens (including phenoxy) is 3. The van der Waals surface area contributed by atoms with Crippen molar-refractivity contribution in [3.05, 3.63) is 78.4 Å². The molecule has 4 rings (SSSR count). The summed E-state index contributed by atoms with van der Waals surface area (Å²) in [5.74, 6) is 1.32. The minimum atomic E-state index is -0.306. The minimum Gasteiger partial charge on any atom is -0.496 e. The lowest BCUT2D eigenvalue weighted by atomic mass is 10.1. The van der Waals surface area contributed by atoms with E-state index in [9.17, 15) is 9.59 Å². The summed E-state index contributed by atoms with van der Waals surface area (Å²) in [4.78, 5) is 26.8. The molecule has 0 bridgehead atoms. The fraction of sp³-hybridized carbons (Fsp3) is 0.167. The van der Waals surface area contributed by atoms with Crippen molar-refractivity contribution in [1.29, 1.82) is 0 Å². The van der Waals surface area contributed by atoms with Crippen LogP contribution in [0.2, 0.25) is 0 Å². The van der Waals surface area contributed by atoms with Crippen LogP contribution < -0.4 is 24.4 Å². The van der Waals surface area contributed by atoms with Gasteiger partial charge < -0.3 is 24.4 Å². The number of amides is 2. The van der Waals surface area contributed by atoms with Crippen molar-refractivity contribution < 1.29 is 23.8 Å². The van der Waals surface area contributed by atoms with Crippen LogP contribution in [0, 0.1) is 0 Å². The highest BCUT2D eigenvalue weighted by Crippen LogP contribution is 2.35. The second-order valence-electron chi connectivity index (χ2n) is 6.83. The van der Waals surface area contributed by atoms with Gasteiger partial charge in [0.1, 0.15) is 23.9 Å². The van der Waals surface area contributed by atoms with Gasteiger partial charge in [0.05, 0.1) is 24.9 Å². The summed E-state index contributed by atoms with van der Waals surface area (Å²) in [5, 5.41) is 2.86. The van der Waals surface area contributed by atoms with Crippen LogP contribution in [0.25, 0.3) is 0 Å². The summed E-state index contributed by atoms with van der Waals surface area (Å²) in [6.45, 7) is 0.645. The number of nitrogens with zero attached hydrogens (tertiary/aromatic N) is 1. The number of hydrogen-bond donors (Lipinski definition) is 1. The van der Waals surface area contributed by atoms with Crippen molar-refractivity contribution in [2.24, 2.45) is 0 Å². The second kappa shape index (κ2) is 9.21. The van der Waals surface area contributed by atoms with Gasteiger partial charge in [-0.3, -0.25) is 9.59 Å². The van der Waals surface area contributed by atoms with Crippen molar-refractivity contribution in [2.45, 2.75) is 0 Å². The minimum absolute atomic E-state index is 0.0365. The third-order valence-corrected chi connectivity index (χ3v) is 4.84. The van der Waals surface area contributed by atoms with E-state index < -0.39 is 0 Å². The zero-order chi connectivity index (χ0) is 21.6. The summed E-state index contributed by atoms with van der Waals surface area (Å²) in [5.41, 5.74) is 1.55. The van der Waals surface area contributed by atoms with Crippen molar-refractivity contribution in [2.75, 3.05) is 37.1 Å². The molecule has 31 heavy (non-hydrogen) atoms. The van der Waals surface area contributed by atoms with Crippen LogP contribution in [0.5, 0.6) is 17.2 Å². The molecule has 1 aliphatic heterocycles. The first-order chi connectivity index (χ1) is 15.2. The Kier molecular flexibility index (Phi) is 6.03. The third-order valence-electron chi connectivity index (χ3n) is 4.84. The zero-order valence-corrected chi connectivity index (χ0v) is 17.0. The lowest BCUT2D eigenvalue weighted by Crippen LogP contribution is -2.41. The Morgan fingerprint density at radius 1 is 1.06 bits per heavy atom. The molecule has 0 aliphatic carbocycles. The van der Waals surface area contributed by atoms with E-state index in [2.05, 4.69) is 5.32 Å². The van der Waals surface area contributed by atoms with Gasteiger partial charge in [-0.25, -0.2) is 0 Å². The molecule has 0 atom stereocenters. The quantitative estimate of drug-likeness (QED) is 0.632. The van der Waals surface area contributed by atoms with Crippen molar-refractivity contribution >= 4 is 23.2 Å². The third kappa shape index (κ3) is 4.61. The molecule has 0 unspecified atom stereocenters. The van der Waals surface area contributed by atoms with E-state index in [1.54, 1.807) is 47.4 Å². The fourth-order valence-electron chi connectivity index (χ4n) is 3.33. The molecule has 0 saturated carbocycles. The molecule has 158 valence electrons. The van der Waals surface area contributed by atoms with E-state index in [-0.39, 0.29) is 18.4 Å². The Morgan fingerprint density at radius 2 is 1.84 bits per heavy atom. The number of anilines is 2. The van der Waals surface area contributed by atoms with Crippen LogP contribution in [-0.2, 0) is 4.79 Å². The first-order valence-corrected chi connectivity index (χ1v) is 9.85. The lowest BCUT2D eigenvalue weighted by molar-refractivity contribution is -0.121. The normalized spacial score (nSPS) is 12.5. The monoisotopic (exact) mass is 418 g/mol. The number of rotatable bonds is 7. The van der Waals surface area contributed by atoms with Crippen LogP contribution in [-0.4, -0.2) is 38.7 Å². The second-order valence-corrected chi connectivity index (χ2v) is 6.83. The van der Waals surface area contributed by atoms with Crippen molar-refractivity contribution in [3.8, 4) is 17.2 Å². The molecule has 1 aliphatic rings. The van der Waals surface area contributed by atoms with Gasteiger partial charge in [-0.1, -0.05) is 30.3 Å². The largest absolute Gasteiger partial charge is 0.496 e. The number of methoxy groups -OCH3 is 1. The SMILES string of the molecule is COc1ccccc1C(=O)Nc1ccc2c(c1)N(CCOc1ccccc1)C(=O)CO2. The number of benzene rings is 3. The number of fused-ring (bicyclic) bond motifs is 1. The van der Waals surface area contributed by atoms with E-state index in [0.717, 1.165) is 5.75 Å². The maximum atomic E-state index is 12.7. The van der Waals surface area contributed by atoms with E-state index in [1.165, 1.54) is 7.11 Å². The molecule has 7 heteroatoms. The maximum absolute atomic E-state index is 12.7. The van der Waals surface area contributed by atoms with Crippen LogP contribution in [0.15, 0.2) is 72.8 Å². The summed E-state index contributed by atoms with van der Waals surface area (Å²) in [6, 6.07) is 21.6. The molecule has 0 aromatic heterocycles. The molecular weight excluding hydrogens is 396 g/mol. The number of carbonyl (C=O) groups excluding carboxylic acids is 2. The summed E-state index contributed by atoms with van der Waals surface area (Å²) in [7, 11) is 1.52. The Labute approximate surface area is 180 Å². The Balaban J connectivity index is 1.50. The maximum Gasteiger partial charge on any atom is 0.265 e. The van der Waals surface area contributed by atoms with Gasteiger partial charge in [-0.15, -0.1) is 0 Å². The van der Waals surface area contributed by atoms with E-state index in [4.69, 9.17) is 14.2 Å². The van der Waals surface area contributed by atoms with Gasteiger partial charge >= 0.3 is 0 Å². The van der Waals surface area contributed by atoms with E-state index in [1.807, 2.05) is 30.3 Å². The molecular formula is C24H22N2O5. The van der Waals surface area contributed by atoms with Crippen LogP contribution in [0.4, 0.5) is 11.4 Å². The summed E-state index contributed by atoms with van der Waals surface area (Å²) >= 11 is 0. The smallest absolute Gasteiger partial charge is 0.265 e. The fourth-order valence-corrected chi connectivity index (χ4v) is 3.33. The van der Waals surface area contributed by atoms with Gasteiger partial charge in [-0.2, -0.15) is 0 Å². The van der Waals surface area contributed by atoms with E-state index >= 15 is 0 Å². The van der Waals surface area contributed by atoms with Gasteiger partial charge in [0.2, 0.25) is 0 Å². The highest BCUT2D eigenvalue weighted by molar-refractivity contribution is 6.07. The van der Waals surface area contributed by atoms with Crippen LogP contribution in [0.1, 0.15) is 10.4 Å². The molecule has 2 amide bonds. The first-order valence-electron chi connectivity index (χ1n) is 9.85. The number of para-hydroxylation sites is 2. The van der Waals surface area contributed by atoms with Crippen molar-refractivity contribution in [3.63, 3.8) is 0 Å². The van der Waals surface area contributed by atoms with Gasteiger partial charge in [0.15, 0.2) is 6.61 Å². The molecule has 3 aromatic rings. The zero-order valence-electron chi connectivity index (χ0n) is 17.0. The lowest BCUT2D eigenvalue weighted by Gasteiger charge is -2.29. The van der Waals surface area contributed by atoms with Gasteiger partial charge in [0.25, 0.3) is 11.8 Å². The predicted octanol–water partition coefficient (Wildman–Crippen LogP) is 3.75. The number of carbonyl (C=O) groups is 2. The van der Waals surface area contributed by atoms with Crippen LogP contribution in [0.3, 0.4) is 0 Å². The molecule has 1 N–H and O–H groups in total. The standard InChI is InChI=1S/C24H22N2O5/c1-29-21-10-6-5-9-19(21)24(28)25-17-11-12-22-20(15-17)26(23(27)16-31-22)13-14-30-18-7-3-2-4-8-18/h2-12,15H,13-14,16H2,1H3,(H,25,28). The first kappa shape index (κ1) is 20.3. The molecule has 7 nitrogen and oxygen atoms in total. The van der Waals surface area contributed by atoms with Crippen molar-refractivity contribution in [1.82, 2.24) is 0 Å². The Morgan fingerprint density at radius 3 is 2.65 bits per heavy atom. The topological polar surface area (TPSA) is 77.1 Å². The molecule has 1 heterocycles. The summed E-state index contributed by atoms with van der Waals surface area (Å²) in [6.07, 6.45) is 0. The Hall–Kier alpha value is -4.00. The summed E-state index contributed by atoms with van der Waals surface area (Å²) < 4.78 is 16.5. The van der Waals surface area contributed by atoms with Crippen LogP contribution >= 0.6 is 0 Å². The average molecular weight is 418 g/mol. The molecule has 0 radical (unpaired) electrons. The highest BCUT2D eigenvalue weighted by atomic mass is 16.5. The number of hydrogen-bond acceptors (Lipinski definition) is 5. The van der Waals surface area contributed by atoms with E-state index in [0.29, 0.717) is 41.6 Å². The molecule has 3 aromatic carbocycles. The highest BCUT2D eigenvalue weighted by Gasteiger charge is 2.26. The van der Waals surface area contributed by atoms with Gasteiger partial charge in [-0.05, 0) is 42.5 Å². The molecule has 0 spiro atoms. The van der Waals surface area contributed by atoms with Gasteiger partial charge in [0, 0.05) is 5.69 Å². The molecule has 0 saturated heterocycles.